The average Bonchev–Trinajstić information content (AvgIpc) is 3.33. The van der Waals surface area contributed by atoms with Crippen LogP contribution in [0.4, 0.5) is 10.2 Å². The molecule has 0 aliphatic heterocycles. The molecule has 1 atom stereocenters. The first-order valence-corrected chi connectivity index (χ1v) is 8.83. The third kappa shape index (κ3) is 2.66. The summed E-state index contributed by atoms with van der Waals surface area (Å²) >= 11 is 0. The van der Waals surface area contributed by atoms with Gasteiger partial charge >= 0.3 is 0 Å². The first-order chi connectivity index (χ1) is 13.7. The van der Waals surface area contributed by atoms with Crippen LogP contribution in [0.25, 0.3) is 27.9 Å². The van der Waals surface area contributed by atoms with Gasteiger partial charge in [-0.15, -0.1) is 0 Å². The molecule has 4 aromatic heterocycles. The Bertz CT molecular complexity index is 1290. The largest absolute Gasteiger partial charge is 0.360 e. The zero-order chi connectivity index (χ0) is 19.1. The fourth-order valence-corrected chi connectivity index (χ4v) is 3.41. The van der Waals surface area contributed by atoms with Crippen LogP contribution in [0.15, 0.2) is 61.3 Å². The summed E-state index contributed by atoms with van der Waals surface area (Å²) in [4.78, 5) is 20.2. The number of nitrogens with one attached hydrogen (secondary N) is 2. The van der Waals surface area contributed by atoms with E-state index in [0.29, 0.717) is 17.2 Å². The number of benzene rings is 1. The lowest BCUT2D eigenvalue weighted by molar-refractivity contribution is 0.626. The highest BCUT2D eigenvalue weighted by Gasteiger charge is 2.18. The van der Waals surface area contributed by atoms with Gasteiger partial charge in [0.2, 0.25) is 0 Å². The summed E-state index contributed by atoms with van der Waals surface area (Å²) in [6, 6.07) is 12.3. The molecule has 0 fully saturated rings. The van der Waals surface area contributed by atoms with Crippen molar-refractivity contribution in [1.82, 2.24) is 29.5 Å². The number of aromatic nitrogens is 6. The molecular formula is C20H16FN7. The van der Waals surface area contributed by atoms with Crippen LogP contribution in [-0.4, -0.2) is 29.5 Å². The van der Waals surface area contributed by atoms with Crippen LogP contribution in [0.1, 0.15) is 18.7 Å². The van der Waals surface area contributed by atoms with Gasteiger partial charge in [-0.1, -0.05) is 6.07 Å². The molecule has 0 amide bonds. The fraction of sp³-hybridized carbons (Fsp3) is 0.100. The molecule has 138 valence electrons. The molecule has 0 saturated heterocycles. The molecule has 5 rings (SSSR count). The van der Waals surface area contributed by atoms with Crippen molar-refractivity contribution in [3.8, 4) is 5.69 Å². The van der Waals surface area contributed by atoms with E-state index in [1.807, 2.05) is 29.7 Å². The Morgan fingerprint density at radius 2 is 2.00 bits per heavy atom. The summed E-state index contributed by atoms with van der Waals surface area (Å²) < 4.78 is 15.9. The van der Waals surface area contributed by atoms with Gasteiger partial charge in [0.25, 0.3) is 0 Å². The zero-order valence-electron chi connectivity index (χ0n) is 15.0. The molecule has 2 N–H and O–H groups in total. The number of imidazole rings is 1. The minimum absolute atomic E-state index is 0.140. The predicted octanol–water partition coefficient (Wildman–Crippen LogP) is 4.00. The lowest BCUT2D eigenvalue weighted by Gasteiger charge is -2.18. The summed E-state index contributed by atoms with van der Waals surface area (Å²) in [5, 5.41) is 4.38. The van der Waals surface area contributed by atoms with Gasteiger partial charge in [0, 0.05) is 17.3 Å². The fourth-order valence-electron chi connectivity index (χ4n) is 3.41. The Kier molecular flexibility index (Phi) is 3.75. The molecule has 0 aliphatic carbocycles. The average molecular weight is 373 g/mol. The molecule has 28 heavy (non-hydrogen) atoms. The maximum atomic E-state index is 13.9. The van der Waals surface area contributed by atoms with Crippen LogP contribution in [0.2, 0.25) is 0 Å². The van der Waals surface area contributed by atoms with Gasteiger partial charge in [-0.25, -0.2) is 24.3 Å². The molecule has 8 heteroatoms. The Morgan fingerprint density at radius 3 is 2.89 bits per heavy atom. The number of fused-ring (bicyclic) bond motifs is 2. The van der Waals surface area contributed by atoms with Crippen LogP contribution in [0.3, 0.4) is 0 Å². The monoisotopic (exact) mass is 373 g/mol. The summed E-state index contributed by atoms with van der Waals surface area (Å²) in [5.41, 5.74) is 3.75. The maximum Gasteiger partial charge on any atom is 0.182 e. The molecule has 1 aromatic carbocycles. The van der Waals surface area contributed by atoms with E-state index in [2.05, 4.69) is 36.3 Å². The van der Waals surface area contributed by atoms with E-state index in [-0.39, 0.29) is 11.9 Å². The van der Waals surface area contributed by atoms with E-state index in [4.69, 9.17) is 0 Å². The normalized spacial score (nSPS) is 12.5. The second kappa shape index (κ2) is 6.41. The van der Waals surface area contributed by atoms with Crippen molar-refractivity contribution in [3.05, 3.63) is 72.8 Å². The minimum Gasteiger partial charge on any atom is -0.360 e. The SMILES string of the molecule is CC(Nc1ncnc2nc[nH]c12)c1cc2cccnc2n1-c1cccc(F)c1. The van der Waals surface area contributed by atoms with Gasteiger partial charge in [0.15, 0.2) is 11.5 Å². The van der Waals surface area contributed by atoms with E-state index in [0.717, 1.165) is 22.2 Å². The number of anilines is 1. The first kappa shape index (κ1) is 16.4. The standard InChI is InChI=1S/C20H16FN7/c1-12(27-19-17-18(24-10-23-17)25-11-26-19)16-8-13-4-3-7-22-20(13)28(16)15-6-2-5-14(21)9-15/h2-12H,1H3,(H2,23,24,25,26,27). The molecule has 0 bridgehead atoms. The second-order valence-corrected chi connectivity index (χ2v) is 6.49. The van der Waals surface area contributed by atoms with Gasteiger partial charge in [-0.05, 0) is 43.3 Å². The lowest BCUT2D eigenvalue weighted by Crippen LogP contribution is -2.13. The highest BCUT2D eigenvalue weighted by molar-refractivity contribution is 5.83. The number of hydrogen-bond donors (Lipinski definition) is 2. The summed E-state index contributed by atoms with van der Waals surface area (Å²) in [7, 11) is 0. The van der Waals surface area contributed by atoms with Crippen LogP contribution in [0, 0.1) is 5.82 Å². The van der Waals surface area contributed by atoms with Gasteiger partial charge in [-0.2, -0.15) is 0 Å². The van der Waals surface area contributed by atoms with Gasteiger partial charge in [-0.3, -0.25) is 4.57 Å². The van der Waals surface area contributed by atoms with Crippen LogP contribution < -0.4 is 5.32 Å². The third-order valence-corrected chi connectivity index (χ3v) is 4.68. The van der Waals surface area contributed by atoms with Crippen LogP contribution >= 0.6 is 0 Å². The number of nitrogens with zero attached hydrogens (tertiary/aromatic N) is 5. The summed E-state index contributed by atoms with van der Waals surface area (Å²) in [6.45, 7) is 2.02. The molecule has 4 heterocycles. The van der Waals surface area contributed by atoms with Gasteiger partial charge in [0.1, 0.15) is 23.3 Å². The Labute approximate surface area is 159 Å². The number of H-pyrrole nitrogens is 1. The Balaban J connectivity index is 1.64. The Morgan fingerprint density at radius 1 is 1.07 bits per heavy atom. The lowest BCUT2D eigenvalue weighted by atomic mass is 10.2. The van der Waals surface area contributed by atoms with Gasteiger partial charge < -0.3 is 10.3 Å². The number of aromatic amines is 1. The Hall–Kier alpha value is -3.81. The predicted molar refractivity (Wildman–Crippen MR) is 105 cm³/mol. The van der Waals surface area contributed by atoms with Crippen molar-refractivity contribution in [2.45, 2.75) is 13.0 Å². The quantitative estimate of drug-likeness (QED) is 0.497. The van der Waals surface area contributed by atoms with E-state index >= 15 is 0 Å². The zero-order valence-corrected chi connectivity index (χ0v) is 15.0. The van der Waals surface area contributed by atoms with E-state index in [9.17, 15) is 4.39 Å². The van der Waals surface area contributed by atoms with Crippen molar-refractivity contribution >= 4 is 28.0 Å². The topological polar surface area (TPSA) is 84.3 Å². The number of hydrogen-bond acceptors (Lipinski definition) is 5. The first-order valence-electron chi connectivity index (χ1n) is 8.83. The van der Waals surface area contributed by atoms with Crippen molar-refractivity contribution in [2.24, 2.45) is 0 Å². The number of rotatable bonds is 4. The summed E-state index contributed by atoms with van der Waals surface area (Å²) in [6.07, 6.45) is 4.79. The molecule has 1 unspecified atom stereocenters. The maximum absolute atomic E-state index is 13.9. The highest BCUT2D eigenvalue weighted by atomic mass is 19.1. The van der Waals surface area contributed by atoms with Crippen molar-refractivity contribution in [2.75, 3.05) is 5.32 Å². The molecule has 7 nitrogen and oxygen atoms in total. The number of pyridine rings is 1. The summed E-state index contributed by atoms with van der Waals surface area (Å²) in [5.74, 6) is 0.357. The molecule has 0 saturated carbocycles. The van der Waals surface area contributed by atoms with Crippen LogP contribution in [-0.2, 0) is 0 Å². The minimum atomic E-state index is -0.295. The molecule has 5 aromatic rings. The molecule has 0 spiro atoms. The molecule has 0 aliphatic rings. The highest BCUT2D eigenvalue weighted by Crippen LogP contribution is 2.29. The van der Waals surface area contributed by atoms with Crippen molar-refractivity contribution < 1.29 is 4.39 Å². The second-order valence-electron chi connectivity index (χ2n) is 6.49. The van der Waals surface area contributed by atoms with Crippen LogP contribution in [0.5, 0.6) is 0 Å². The molecular weight excluding hydrogens is 357 g/mol. The van der Waals surface area contributed by atoms with Gasteiger partial charge in [0.05, 0.1) is 18.1 Å². The van der Waals surface area contributed by atoms with E-state index < -0.39 is 0 Å². The number of halogens is 1. The third-order valence-electron chi connectivity index (χ3n) is 4.68. The smallest absolute Gasteiger partial charge is 0.182 e. The van der Waals surface area contributed by atoms with Crippen molar-refractivity contribution in [3.63, 3.8) is 0 Å². The van der Waals surface area contributed by atoms with E-state index in [1.54, 1.807) is 18.6 Å². The molecule has 0 radical (unpaired) electrons. The van der Waals surface area contributed by atoms with E-state index in [1.165, 1.54) is 18.5 Å². The van der Waals surface area contributed by atoms with Crippen molar-refractivity contribution in [1.29, 1.82) is 0 Å².